The van der Waals surface area contributed by atoms with Crippen LogP contribution >= 0.6 is 0 Å². The summed E-state index contributed by atoms with van der Waals surface area (Å²) in [6.45, 7) is 8.18. The van der Waals surface area contributed by atoms with Gasteiger partial charge < -0.3 is 14.2 Å². The Balaban J connectivity index is 2.04. The molecule has 1 aliphatic carbocycles. The van der Waals surface area contributed by atoms with E-state index < -0.39 is 29.2 Å². The van der Waals surface area contributed by atoms with Crippen LogP contribution in [-0.2, 0) is 28.6 Å². The molecule has 0 aromatic carbocycles. The van der Waals surface area contributed by atoms with Gasteiger partial charge in [0.2, 0.25) is 5.60 Å². The Kier molecular flexibility index (Phi) is 4.24. The van der Waals surface area contributed by atoms with E-state index in [1.807, 2.05) is 0 Å². The number of rotatable bonds is 4. The van der Waals surface area contributed by atoms with Crippen molar-refractivity contribution >= 4 is 17.9 Å². The van der Waals surface area contributed by atoms with Gasteiger partial charge in [-0.15, -0.1) is 0 Å². The summed E-state index contributed by atoms with van der Waals surface area (Å²) in [5.74, 6) is -1.69. The molecule has 124 valence electrons. The summed E-state index contributed by atoms with van der Waals surface area (Å²) < 4.78 is 16.1. The zero-order valence-corrected chi connectivity index (χ0v) is 13.8. The molecule has 0 aromatic rings. The van der Waals surface area contributed by atoms with Crippen molar-refractivity contribution < 1.29 is 28.6 Å². The first-order chi connectivity index (χ1) is 10.0. The van der Waals surface area contributed by atoms with Crippen LogP contribution in [0.1, 0.15) is 53.9 Å². The van der Waals surface area contributed by atoms with Gasteiger partial charge in [0.15, 0.2) is 0 Å². The third-order valence-corrected chi connectivity index (χ3v) is 4.41. The minimum Gasteiger partial charge on any atom is -0.458 e. The number of carbonyl (C=O) groups is 3. The van der Waals surface area contributed by atoms with Gasteiger partial charge in [0, 0.05) is 6.42 Å². The lowest BCUT2D eigenvalue weighted by Gasteiger charge is -2.38. The highest BCUT2D eigenvalue weighted by molar-refractivity contribution is 5.83. The molecular weight excluding hydrogens is 288 g/mol. The van der Waals surface area contributed by atoms with E-state index in [0.29, 0.717) is 19.3 Å². The van der Waals surface area contributed by atoms with E-state index in [1.165, 1.54) is 13.8 Å². The third-order valence-electron chi connectivity index (χ3n) is 4.41. The monoisotopic (exact) mass is 312 g/mol. The smallest absolute Gasteiger partial charge is 0.350 e. The van der Waals surface area contributed by atoms with Crippen molar-refractivity contribution in [3.63, 3.8) is 0 Å². The molecule has 1 saturated heterocycles. The molecule has 6 nitrogen and oxygen atoms in total. The van der Waals surface area contributed by atoms with E-state index in [-0.39, 0.29) is 17.8 Å². The van der Waals surface area contributed by atoms with Crippen LogP contribution in [0, 0.1) is 11.8 Å². The Morgan fingerprint density at radius 1 is 1.36 bits per heavy atom. The fraction of sp³-hybridized carbons (Fsp3) is 0.812. The molecule has 1 aliphatic heterocycles. The predicted molar refractivity (Wildman–Crippen MR) is 76.7 cm³/mol. The highest BCUT2D eigenvalue weighted by Gasteiger charge is 2.53. The van der Waals surface area contributed by atoms with Gasteiger partial charge in [0.1, 0.15) is 11.7 Å². The van der Waals surface area contributed by atoms with Crippen molar-refractivity contribution in [2.75, 3.05) is 0 Å². The molecule has 3 atom stereocenters. The molecule has 0 spiro atoms. The van der Waals surface area contributed by atoms with Crippen molar-refractivity contribution in [1.29, 1.82) is 0 Å². The lowest BCUT2D eigenvalue weighted by molar-refractivity contribution is -0.200. The first kappa shape index (κ1) is 16.8. The van der Waals surface area contributed by atoms with Crippen LogP contribution in [0.5, 0.6) is 0 Å². The summed E-state index contributed by atoms with van der Waals surface area (Å²) in [5, 5.41) is 0. The van der Waals surface area contributed by atoms with Crippen LogP contribution in [0.25, 0.3) is 0 Å². The number of hydrogen-bond donors (Lipinski definition) is 0. The van der Waals surface area contributed by atoms with Gasteiger partial charge in [-0.25, -0.2) is 4.79 Å². The van der Waals surface area contributed by atoms with E-state index in [2.05, 4.69) is 0 Å². The second-order valence-corrected chi connectivity index (χ2v) is 7.19. The SMILES string of the molecule is CC(C)C(=O)OC(C)(C)C(=O)OC1(C)CCC2CC1OC2=O. The maximum atomic E-state index is 12.4. The first-order valence-electron chi connectivity index (χ1n) is 7.72. The maximum absolute atomic E-state index is 12.4. The molecule has 2 bridgehead atoms. The summed E-state index contributed by atoms with van der Waals surface area (Å²) in [4.78, 5) is 35.7. The van der Waals surface area contributed by atoms with E-state index >= 15 is 0 Å². The average molecular weight is 312 g/mol. The largest absolute Gasteiger partial charge is 0.458 e. The first-order valence-corrected chi connectivity index (χ1v) is 7.72. The van der Waals surface area contributed by atoms with Gasteiger partial charge in [-0.2, -0.15) is 0 Å². The zero-order chi connectivity index (χ0) is 16.7. The van der Waals surface area contributed by atoms with Crippen molar-refractivity contribution in [2.45, 2.75) is 71.2 Å². The molecule has 2 aliphatic rings. The second kappa shape index (κ2) is 5.56. The quantitative estimate of drug-likeness (QED) is 0.583. The molecule has 0 amide bonds. The molecule has 1 saturated carbocycles. The van der Waals surface area contributed by atoms with Crippen LogP contribution < -0.4 is 0 Å². The number of carbonyl (C=O) groups excluding carboxylic acids is 3. The summed E-state index contributed by atoms with van der Waals surface area (Å²) in [6.07, 6.45) is 1.37. The van der Waals surface area contributed by atoms with Crippen LogP contribution in [0.15, 0.2) is 0 Å². The van der Waals surface area contributed by atoms with Gasteiger partial charge in [0.05, 0.1) is 11.8 Å². The Morgan fingerprint density at radius 3 is 2.59 bits per heavy atom. The highest BCUT2D eigenvalue weighted by Crippen LogP contribution is 2.43. The van der Waals surface area contributed by atoms with E-state index in [1.54, 1.807) is 20.8 Å². The number of hydrogen-bond acceptors (Lipinski definition) is 6. The van der Waals surface area contributed by atoms with Crippen molar-refractivity contribution in [3.8, 4) is 0 Å². The minimum absolute atomic E-state index is 0.0800. The Labute approximate surface area is 130 Å². The lowest BCUT2D eigenvalue weighted by Crippen LogP contribution is -2.50. The predicted octanol–water partition coefficient (Wildman–Crippen LogP) is 1.99. The standard InChI is InChI=1S/C16H24O6/c1-9(2)12(17)21-15(3,4)14(19)22-16(5)7-6-10-8-11(16)20-13(10)18/h9-11H,6-8H2,1-5H3. The van der Waals surface area contributed by atoms with Crippen LogP contribution in [0.2, 0.25) is 0 Å². The third kappa shape index (κ3) is 3.10. The highest BCUT2D eigenvalue weighted by atomic mass is 16.6. The molecule has 0 aromatic heterocycles. The van der Waals surface area contributed by atoms with E-state index in [4.69, 9.17) is 14.2 Å². The van der Waals surface area contributed by atoms with Gasteiger partial charge in [-0.05, 0) is 33.6 Å². The molecule has 22 heavy (non-hydrogen) atoms. The topological polar surface area (TPSA) is 78.9 Å². The Hall–Kier alpha value is -1.59. The number of ether oxygens (including phenoxy) is 3. The fourth-order valence-corrected chi connectivity index (χ4v) is 2.73. The Bertz CT molecular complexity index is 495. The maximum Gasteiger partial charge on any atom is 0.350 e. The van der Waals surface area contributed by atoms with Crippen LogP contribution in [0.4, 0.5) is 0 Å². The summed E-state index contributed by atoms with van der Waals surface area (Å²) in [6, 6.07) is 0. The summed E-state index contributed by atoms with van der Waals surface area (Å²) >= 11 is 0. The lowest BCUT2D eigenvalue weighted by atomic mass is 9.79. The zero-order valence-electron chi connectivity index (χ0n) is 13.8. The fourth-order valence-electron chi connectivity index (χ4n) is 2.73. The van der Waals surface area contributed by atoms with Crippen LogP contribution in [-0.4, -0.2) is 35.2 Å². The molecule has 6 heteroatoms. The van der Waals surface area contributed by atoms with Gasteiger partial charge in [0.25, 0.3) is 0 Å². The molecule has 2 fully saturated rings. The molecule has 0 N–H and O–H groups in total. The molecule has 0 radical (unpaired) electrons. The van der Waals surface area contributed by atoms with Crippen LogP contribution in [0.3, 0.4) is 0 Å². The summed E-state index contributed by atoms with van der Waals surface area (Å²) in [7, 11) is 0. The molecular formula is C16H24O6. The van der Waals surface area contributed by atoms with Crippen molar-refractivity contribution in [2.24, 2.45) is 11.8 Å². The van der Waals surface area contributed by atoms with E-state index in [0.717, 1.165) is 0 Å². The number of esters is 3. The normalized spacial score (nSPS) is 30.9. The number of fused-ring (bicyclic) bond motifs is 2. The molecule has 2 rings (SSSR count). The Morgan fingerprint density at radius 2 is 2.00 bits per heavy atom. The van der Waals surface area contributed by atoms with Gasteiger partial charge in [-0.3, -0.25) is 9.59 Å². The second-order valence-electron chi connectivity index (χ2n) is 7.19. The minimum atomic E-state index is -1.37. The van der Waals surface area contributed by atoms with Crippen molar-refractivity contribution in [3.05, 3.63) is 0 Å². The van der Waals surface area contributed by atoms with E-state index in [9.17, 15) is 14.4 Å². The molecule has 3 unspecified atom stereocenters. The molecule has 1 heterocycles. The van der Waals surface area contributed by atoms with Crippen molar-refractivity contribution in [1.82, 2.24) is 0 Å². The average Bonchev–Trinajstić information content (AvgIpc) is 2.72. The summed E-state index contributed by atoms with van der Waals surface area (Å²) in [5.41, 5.74) is -2.23. The van der Waals surface area contributed by atoms with Gasteiger partial charge >= 0.3 is 17.9 Å². The van der Waals surface area contributed by atoms with Gasteiger partial charge in [-0.1, -0.05) is 13.8 Å².